The SMILES string of the molecule is O=C(NCc1ccc2c(c1)OCO2)C(=O)N1CCCc2ccccc21. The van der Waals surface area contributed by atoms with Crippen LogP contribution in [-0.2, 0) is 22.6 Å². The van der Waals surface area contributed by atoms with Gasteiger partial charge in [0, 0.05) is 18.8 Å². The van der Waals surface area contributed by atoms with Gasteiger partial charge in [-0.2, -0.15) is 0 Å². The largest absolute Gasteiger partial charge is 0.454 e. The summed E-state index contributed by atoms with van der Waals surface area (Å²) in [6.07, 6.45) is 1.79. The van der Waals surface area contributed by atoms with Crippen molar-refractivity contribution in [3.63, 3.8) is 0 Å². The number of nitrogens with zero attached hydrogens (tertiary/aromatic N) is 1. The van der Waals surface area contributed by atoms with E-state index in [1.54, 1.807) is 11.0 Å². The van der Waals surface area contributed by atoms with Crippen molar-refractivity contribution in [2.24, 2.45) is 0 Å². The van der Waals surface area contributed by atoms with E-state index in [9.17, 15) is 9.59 Å². The van der Waals surface area contributed by atoms with Gasteiger partial charge in [0.05, 0.1) is 0 Å². The molecule has 128 valence electrons. The quantitative estimate of drug-likeness (QED) is 0.851. The Morgan fingerprint density at radius 3 is 2.84 bits per heavy atom. The van der Waals surface area contributed by atoms with Gasteiger partial charge in [-0.05, 0) is 42.2 Å². The lowest BCUT2D eigenvalue weighted by atomic mass is 10.0. The minimum absolute atomic E-state index is 0.206. The monoisotopic (exact) mass is 338 g/mol. The first kappa shape index (κ1) is 15.5. The molecule has 6 nitrogen and oxygen atoms in total. The van der Waals surface area contributed by atoms with E-state index in [1.807, 2.05) is 36.4 Å². The third-order valence-electron chi connectivity index (χ3n) is 4.44. The molecule has 2 amide bonds. The number of carbonyl (C=O) groups excluding carboxylic acids is 2. The van der Waals surface area contributed by atoms with Crippen LogP contribution < -0.4 is 19.7 Å². The Hall–Kier alpha value is -3.02. The number of amides is 2. The minimum Gasteiger partial charge on any atom is -0.454 e. The number of hydrogen-bond donors (Lipinski definition) is 1. The summed E-state index contributed by atoms with van der Waals surface area (Å²) in [7, 11) is 0. The normalized spacial score (nSPS) is 14.8. The van der Waals surface area contributed by atoms with Crippen molar-refractivity contribution in [3.8, 4) is 11.5 Å². The molecule has 6 heteroatoms. The Balaban J connectivity index is 1.42. The molecule has 4 rings (SSSR count). The van der Waals surface area contributed by atoms with Crippen LogP contribution in [-0.4, -0.2) is 25.2 Å². The molecular formula is C19H18N2O4. The smallest absolute Gasteiger partial charge is 0.316 e. The van der Waals surface area contributed by atoms with E-state index in [1.165, 1.54) is 0 Å². The average molecular weight is 338 g/mol. The van der Waals surface area contributed by atoms with Crippen LogP contribution in [0.5, 0.6) is 11.5 Å². The summed E-state index contributed by atoms with van der Waals surface area (Å²) in [6.45, 7) is 1.03. The summed E-state index contributed by atoms with van der Waals surface area (Å²) in [5, 5.41) is 2.69. The van der Waals surface area contributed by atoms with Crippen LogP contribution in [0.4, 0.5) is 5.69 Å². The van der Waals surface area contributed by atoms with Gasteiger partial charge in [-0.3, -0.25) is 9.59 Å². The van der Waals surface area contributed by atoms with Gasteiger partial charge in [0.25, 0.3) is 0 Å². The fourth-order valence-electron chi connectivity index (χ4n) is 3.18. The molecule has 0 spiro atoms. The van der Waals surface area contributed by atoms with Crippen molar-refractivity contribution >= 4 is 17.5 Å². The molecular weight excluding hydrogens is 320 g/mol. The van der Waals surface area contributed by atoms with Crippen LogP contribution in [0.2, 0.25) is 0 Å². The second-order valence-corrected chi connectivity index (χ2v) is 6.06. The van der Waals surface area contributed by atoms with Gasteiger partial charge in [0.2, 0.25) is 6.79 Å². The number of aryl methyl sites for hydroxylation is 1. The molecule has 0 fully saturated rings. The van der Waals surface area contributed by atoms with Crippen LogP contribution >= 0.6 is 0 Å². The number of nitrogens with one attached hydrogen (secondary N) is 1. The summed E-state index contributed by atoms with van der Waals surface area (Å²) >= 11 is 0. The first-order chi connectivity index (χ1) is 12.2. The summed E-state index contributed by atoms with van der Waals surface area (Å²) in [5.41, 5.74) is 2.78. The molecule has 0 saturated heterocycles. The zero-order chi connectivity index (χ0) is 17.2. The van der Waals surface area contributed by atoms with E-state index in [4.69, 9.17) is 9.47 Å². The lowest BCUT2D eigenvalue weighted by Crippen LogP contribution is -2.45. The molecule has 0 atom stereocenters. The predicted molar refractivity (Wildman–Crippen MR) is 91.5 cm³/mol. The fraction of sp³-hybridized carbons (Fsp3) is 0.263. The molecule has 0 bridgehead atoms. The topological polar surface area (TPSA) is 67.9 Å². The van der Waals surface area contributed by atoms with E-state index in [0.717, 1.165) is 29.7 Å². The van der Waals surface area contributed by atoms with Crippen LogP contribution in [0, 0.1) is 0 Å². The minimum atomic E-state index is -0.602. The highest BCUT2D eigenvalue weighted by Crippen LogP contribution is 2.32. The molecule has 25 heavy (non-hydrogen) atoms. The van der Waals surface area contributed by atoms with Crippen LogP contribution in [0.15, 0.2) is 42.5 Å². The highest BCUT2D eigenvalue weighted by Gasteiger charge is 2.27. The Morgan fingerprint density at radius 1 is 1.08 bits per heavy atom. The maximum absolute atomic E-state index is 12.5. The molecule has 0 aromatic heterocycles. The van der Waals surface area contributed by atoms with Crippen LogP contribution in [0.25, 0.3) is 0 Å². The summed E-state index contributed by atoms with van der Waals surface area (Å²) < 4.78 is 10.6. The number of ether oxygens (including phenoxy) is 2. The second kappa shape index (κ2) is 6.47. The molecule has 0 unspecified atom stereocenters. The third-order valence-corrected chi connectivity index (χ3v) is 4.44. The molecule has 0 aliphatic carbocycles. The van der Waals surface area contributed by atoms with E-state index in [0.29, 0.717) is 18.0 Å². The number of rotatable bonds is 2. The average Bonchev–Trinajstić information content (AvgIpc) is 3.13. The molecule has 2 aliphatic heterocycles. The standard InChI is InChI=1S/C19H18N2O4/c22-18(20-11-13-7-8-16-17(10-13)25-12-24-16)19(23)21-9-3-5-14-4-1-2-6-15(14)21/h1-2,4,6-8,10H,3,5,9,11-12H2,(H,20,22). The molecule has 0 saturated carbocycles. The number of fused-ring (bicyclic) bond motifs is 2. The van der Waals surface area contributed by atoms with Crippen molar-refractivity contribution in [1.82, 2.24) is 5.32 Å². The molecule has 2 aromatic rings. The van der Waals surface area contributed by atoms with E-state index in [2.05, 4.69) is 5.32 Å². The van der Waals surface area contributed by atoms with Crippen molar-refractivity contribution in [1.29, 1.82) is 0 Å². The predicted octanol–water partition coefficient (Wildman–Crippen LogP) is 2.01. The third kappa shape index (κ3) is 3.03. The Labute approximate surface area is 145 Å². The van der Waals surface area contributed by atoms with Gasteiger partial charge >= 0.3 is 11.8 Å². The van der Waals surface area contributed by atoms with Crippen molar-refractivity contribution in [2.75, 3.05) is 18.2 Å². The summed E-state index contributed by atoms with van der Waals surface area (Å²) in [6, 6.07) is 13.2. The van der Waals surface area contributed by atoms with Crippen LogP contribution in [0.1, 0.15) is 17.5 Å². The van der Waals surface area contributed by atoms with Gasteiger partial charge in [0.15, 0.2) is 11.5 Å². The zero-order valence-electron chi connectivity index (χ0n) is 13.7. The zero-order valence-corrected chi connectivity index (χ0v) is 13.7. The maximum atomic E-state index is 12.5. The lowest BCUT2D eigenvalue weighted by Gasteiger charge is -2.28. The number of benzene rings is 2. The van der Waals surface area contributed by atoms with Gasteiger partial charge in [0.1, 0.15) is 0 Å². The Kier molecular flexibility index (Phi) is 4.01. The summed E-state index contributed by atoms with van der Waals surface area (Å²) in [5.74, 6) is 0.223. The van der Waals surface area contributed by atoms with Crippen LogP contribution in [0.3, 0.4) is 0 Å². The molecule has 0 radical (unpaired) electrons. The van der Waals surface area contributed by atoms with Gasteiger partial charge in [-0.1, -0.05) is 24.3 Å². The molecule has 2 heterocycles. The summed E-state index contributed by atoms with van der Waals surface area (Å²) in [4.78, 5) is 26.4. The van der Waals surface area contributed by atoms with Gasteiger partial charge in [-0.15, -0.1) is 0 Å². The van der Waals surface area contributed by atoms with E-state index < -0.39 is 11.8 Å². The van der Waals surface area contributed by atoms with E-state index in [-0.39, 0.29) is 13.3 Å². The molecule has 1 N–H and O–H groups in total. The first-order valence-corrected chi connectivity index (χ1v) is 8.28. The molecule has 2 aromatic carbocycles. The number of para-hydroxylation sites is 1. The van der Waals surface area contributed by atoms with Crippen molar-refractivity contribution in [3.05, 3.63) is 53.6 Å². The van der Waals surface area contributed by atoms with Crippen molar-refractivity contribution in [2.45, 2.75) is 19.4 Å². The highest BCUT2D eigenvalue weighted by molar-refractivity contribution is 6.40. The first-order valence-electron chi connectivity index (χ1n) is 8.28. The fourth-order valence-corrected chi connectivity index (χ4v) is 3.18. The number of carbonyl (C=O) groups is 2. The number of hydrogen-bond acceptors (Lipinski definition) is 4. The Morgan fingerprint density at radius 2 is 1.92 bits per heavy atom. The second-order valence-electron chi connectivity index (χ2n) is 6.06. The highest BCUT2D eigenvalue weighted by atomic mass is 16.7. The van der Waals surface area contributed by atoms with E-state index >= 15 is 0 Å². The Bertz CT molecular complexity index is 834. The number of anilines is 1. The lowest BCUT2D eigenvalue weighted by molar-refractivity contribution is -0.137. The maximum Gasteiger partial charge on any atom is 0.316 e. The van der Waals surface area contributed by atoms with Crippen molar-refractivity contribution < 1.29 is 19.1 Å². The van der Waals surface area contributed by atoms with Gasteiger partial charge in [-0.25, -0.2) is 0 Å². The molecule has 2 aliphatic rings. The van der Waals surface area contributed by atoms with Gasteiger partial charge < -0.3 is 19.7 Å².